The molecule has 2 N–H and O–H groups in total. The average Bonchev–Trinajstić information content (AvgIpc) is 3.35. The van der Waals surface area contributed by atoms with E-state index in [0.717, 1.165) is 33.6 Å². The number of hydrogen-bond donors (Lipinski definition) is 1. The minimum atomic E-state index is 0.169. The van der Waals surface area contributed by atoms with E-state index in [-0.39, 0.29) is 12.0 Å². The largest absolute Gasteiger partial charge is 0.366 e. The zero-order valence-electron chi connectivity index (χ0n) is 16.9. The van der Waals surface area contributed by atoms with Gasteiger partial charge in [0.2, 0.25) is 5.95 Å². The first-order valence-corrected chi connectivity index (χ1v) is 9.92. The van der Waals surface area contributed by atoms with Gasteiger partial charge in [-0.2, -0.15) is 10.1 Å². The first-order chi connectivity index (χ1) is 14.6. The van der Waals surface area contributed by atoms with Crippen molar-refractivity contribution in [1.82, 2.24) is 24.4 Å². The fourth-order valence-corrected chi connectivity index (χ4v) is 3.79. The first kappa shape index (κ1) is 18.1. The fourth-order valence-electron chi connectivity index (χ4n) is 3.79. The van der Waals surface area contributed by atoms with Gasteiger partial charge in [0.1, 0.15) is 0 Å². The molecule has 0 saturated carbocycles. The number of nitrogens with two attached hydrogens (primary N) is 1. The molecule has 3 aromatic heterocycles. The number of anilines is 1. The van der Waals surface area contributed by atoms with Crippen LogP contribution in [0.3, 0.4) is 0 Å². The molecule has 148 valence electrons. The third kappa shape index (κ3) is 3.22. The number of aryl methyl sites for hydroxylation is 1. The second-order valence-corrected chi connectivity index (χ2v) is 7.46. The van der Waals surface area contributed by atoms with Gasteiger partial charge in [-0.1, -0.05) is 48.5 Å². The van der Waals surface area contributed by atoms with Gasteiger partial charge in [-0.15, -0.1) is 5.10 Å². The Labute approximate surface area is 174 Å². The minimum Gasteiger partial charge on any atom is -0.366 e. The lowest BCUT2D eigenvalue weighted by Gasteiger charge is -2.12. The Bertz CT molecular complexity index is 1330. The van der Waals surface area contributed by atoms with Crippen LogP contribution in [0.4, 0.5) is 5.95 Å². The number of fused-ring (bicyclic) bond motifs is 1. The molecule has 5 aromatic rings. The van der Waals surface area contributed by atoms with Crippen molar-refractivity contribution in [3.05, 3.63) is 90.4 Å². The Morgan fingerprint density at radius 2 is 1.63 bits per heavy atom. The van der Waals surface area contributed by atoms with Crippen molar-refractivity contribution in [3.8, 4) is 22.3 Å². The van der Waals surface area contributed by atoms with Crippen molar-refractivity contribution in [2.45, 2.75) is 19.9 Å². The summed E-state index contributed by atoms with van der Waals surface area (Å²) >= 11 is 0. The summed E-state index contributed by atoms with van der Waals surface area (Å²) in [6.45, 7) is 4.22. The van der Waals surface area contributed by atoms with Gasteiger partial charge in [-0.05, 0) is 54.3 Å². The maximum atomic E-state index is 5.71. The van der Waals surface area contributed by atoms with E-state index in [1.165, 1.54) is 5.56 Å². The van der Waals surface area contributed by atoms with Gasteiger partial charge in [0.15, 0.2) is 5.65 Å². The number of rotatable bonds is 4. The highest BCUT2D eigenvalue weighted by molar-refractivity contribution is 5.75. The van der Waals surface area contributed by atoms with Crippen LogP contribution in [0.5, 0.6) is 0 Å². The smallest absolute Gasteiger partial charge is 0.240 e. The van der Waals surface area contributed by atoms with Gasteiger partial charge in [0.25, 0.3) is 0 Å². The molecule has 1 atom stereocenters. The number of hydrogen-bond acceptors (Lipinski definition) is 4. The van der Waals surface area contributed by atoms with Crippen LogP contribution in [0.1, 0.15) is 24.2 Å². The third-order valence-electron chi connectivity index (χ3n) is 5.46. The van der Waals surface area contributed by atoms with Crippen molar-refractivity contribution in [1.29, 1.82) is 0 Å². The summed E-state index contributed by atoms with van der Waals surface area (Å²) in [5.74, 6) is 0.275. The Kier molecular flexibility index (Phi) is 4.32. The third-order valence-corrected chi connectivity index (χ3v) is 5.46. The predicted molar refractivity (Wildman–Crippen MR) is 119 cm³/mol. The number of nitrogens with zero attached hydrogens (tertiary/aromatic N) is 5. The maximum Gasteiger partial charge on any atom is 0.240 e. The van der Waals surface area contributed by atoms with Gasteiger partial charge in [0.05, 0.1) is 11.7 Å². The van der Waals surface area contributed by atoms with Crippen molar-refractivity contribution in [3.63, 3.8) is 0 Å². The van der Waals surface area contributed by atoms with Gasteiger partial charge < -0.3 is 5.73 Å². The predicted octanol–water partition coefficient (Wildman–Crippen LogP) is 4.76. The highest BCUT2D eigenvalue weighted by atomic mass is 15.3. The Hall–Kier alpha value is -3.93. The lowest BCUT2D eigenvalue weighted by atomic mass is 10.00. The van der Waals surface area contributed by atoms with Crippen molar-refractivity contribution in [2.75, 3.05) is 5.73 Å². The van der Waals surface area contributed by atoms with Crippen molar-refractivity contribution < 1.29 is 0 Å². The molecular formula is C24H22N6. The fraction of sp³-hybridized carbons (Fsp3) is 0.125. The van der Waals surface area contributed by atoms with Gasteiger partial charge in [-0.25, -0.2) is 4.52 Å². The van der Waals surface area contributed by atoms with Gasteiger partial charge in [0, 0.05) is 18.0 Å². The van der Waals surface area contributed by atoms with Crippen LogP contribution in [0.25, 0.3) is 27.9 Å². The second-order valence-electron chi connectivity index (χ2n) is 7.46. The lowest BCUT2D eigenvalue weighted by molar-refractivity contribution is 0.561. The molecule has 6 heteroatoms. The van der Waals surface area contributed by atoms with Crippen LogP contribution in [0.15, 0.2) is 79.1 Å². The highest BCUT2D eigenvalue weighted by Crippen LogP contribution is 2.30. The molecule has 5 rings (SSSR count). The van der Waals surface area contributed by atoms with E-state index in [1.807, 2.05) is 29.1 Å². The SMILES string of the molecule is Cc1nn(C(C)c2ccccc2)cc1-c1cccc(-c2ccn3nc(N)nc3c2)c1. The summed E-state index contributed by atoms with van der Waals surface area (Å²) < 4.78 is 3.72. The molecule has 0 fully saturated rings. The molecule has 0 aliphatic carbocycles. The molecule has 0 aliphatic heterocycles. The standard InChI is InChI=1S/C24H22N6/c1-16-22(15-30(27-16)17(2)18-7-4-3-5-8-18)21-10-6-9-19(13-21)20-11-12-29-23(14-20)26-24(25)28-29/h3-15,17H,1-2H3,(H2,25,28). The van der Waals surface area contributed by atoms with E-state index in [2.05, 4.69) is 78.7 Å². The molecule has 0 amide bonds. The molecule has 0 bridgehead atoms. The van der Waals surface area contributed by atoms with Gasteiger partial charge >= 0.3 is 0 Å². The van der Waals surface area contributed by atoms with Crippen LogP contribution >= 0.6 is 0 Å². The molecule has 0 saturated heterocycles. The lowest BCUT2D eigenvalue weighted by Crippen LogP contribution is -2.07. The van der Waals surface area contributed by atoms with Gasteiger partial charge in [-0.3, -0.25) is 4.68 Å². The Balaban J connectivity index is 1.51. The van der Waals surface area contributed by atoms with E-state index in [9.17, 15) is 0 Å². The number of aromatic nitrogens is 5. The highest BCUT2D eigenvalue weighted by Gasteiger charge is 2.14. The van der Waals surface area contributed by atoms with E-state index in [4.69, 9.17) is 10.8 Å². The second kappa shape index (κ2) is 7.15. The van der Waals surface area contributed by atoms with E-state index in [1.54, 1.807) is 4.52 Å². The number of nitrogen functional groups attached to an aromatic ring is 1. The van der Waals surface area contributed by atoms with Crippen molar-refractivity contribution >= 4 is 11.6 Å². The monoisotopic (exact) mass is 394 g/mol. The molecule has 3 heterocycles. The molecule has 1 unspecified atom stereocenters. The summed E-state index contributed by atoms with van der Waals surface area (Å²) in [4.78, 5) is 4.26. The maximum absolute atomic E-state index is 5.71. The average molecular weight is 394 g/mol. The summed E-state index contributed by atoms with van der Waals surface area (Å²) in [5.41, 5.74) is 13.1. The quantitative estimate of drug-likeness (QED) is 0.477. The molecule has 0 aliphatic rings. The first-order valence-electron chi connectivity index (χ1n) is 9.92. The van der Waals surface area contributed by atoms with E-state index < -0.39 is 0 Å². The van der Waals surface area contributed by atoms with Crippen LogP contribution in [0, 0.1) is 6.92 Å². The van der Waals surface area contributed by atoms with Crippen LogP contribution in [-0.4, -0.2) is 24.4 Å². The van der Waals surface area contributed by atoms with E-state index in [0.29, 0.717) is 0 Å². The summed E-state index contributed by atoms with van der Waals surface area (Å²) in [7, 11) is 0. The molecule has 0 radical (unpaired) electrons. The molecule has 2 aromatic carbocycles. The van der Waals surface area contributed by atoms with Crippen LogP contribution in [-0.2, 0) is 0 Å². The number of pyridine rings is 1. The minimum absolute atomic E-state index is 0.169. The zero-order valence-corrected chi connectivity index (χ0v) is 16.9. The normalized spacial score (nSPS) is 12.3. The Morgan fingerprint density at radius 1 is 0.867 bits per heavy atom. The molecule has 30 heavy (non-hydrogen) atoms. The molecular weight excluding hydrogens is 372 g/mol. The van der Waals surface area contributed by atoms with Crippen molar-refractivity contribution in [2.24, 2.45) is 0 Å². The summed E-state index contributed by atoms with van der Waals surface area (Å²) in [6, 6.07) is 23.1. The molecule has 6 nitrogen and oxygen atoms in total. The summed E-state index contributed by atoms with van der Waals surface area (Å²) in [5, 5.41) is 8.93. The molecule has 0 spiro atoms. The number of benzene rings is 2. The summed E-state index contributed by atoms with van der Waals surface area (Å²) in [6.07, 6.45) is 4.01. The van der Waals surface area contributed by atoms with E-state index >= 15 is 0 Å². The van der Waals surface area contributed by atoms with Crippen LogP contribution in [0.2, 0.25) is 0 Å². The van der Waals surface area contributed by atoms with Crippen LogP contribution < -0.4 is 5.73 Å². The topological polar surface area (TPSA) is 74.0 Å². The Morgan fingerprint density at radius 3 is 2.47 bits per heavy atom. The zero-order chi connectivity index (χ0) is 20.7.